The maximum atomic E-state index is 13.5. The van der Waals surface area contributed by atoms with Crippen molar-refractivity contribution in [1.29, 1.82) is 0 Å². The molecule has 144 valence electrons. The van der Waals surface area contributed by atoms with Gasteiger partial charge in [-0.15, -0.1) is 0 Å². The summed E-state index contributed by atoms with van der Waals surface area (Å²) in [5.74, 6) is -0.607. The maximum absolute atomic E-state index is 13.5. The van der Waals surface area contributed by atoms with Gasteiger partial charge in [0.1, 0.15) is 6.04 Å². The zero-order chi connectivity index (χ0) is 19.6. The van der Waals surface area contributed by atoms with Gasteiger partial charge in [0.25, 0.3) is 5.91 Å². The van der Waals surface area contributed by atoms with Crippen LogP contribution in [-0.2, 0) is 9.59 Å². The second-order valence-electron chi connectivity index (χ2n) is 7.93. The van der Waals surface area contributed by atoms with Crippen LogP contribution in [0.25, 0.3) is 0 Å². The van der Waals surface area contributed by atoms with Crippen LogP contribution in [0.15, 0.2) is 42.5 Å². The van der Waals surface area contributed by atoms with Crippen molar-refractivity contribution in [2.45, 2.75) is 32.4 Å². The largest absolute Gasteiger partial charge is 0.274 e. The second-order valence-corrected chi connectivity index (χ2v) is 8.36. The first-order valence-electron chi connectivity index (χ1n) is 9.71. The summed E-state index contributed by atoms with van der Waals surface area (Å²) in [7, 11) is 0. The summed E-state index contributed by atoms with van der Waals surface area (Å²) < 4.78 is 0. The molecule has 3 heterocycles. The number of rotatable bonds is 2. The molecule has 6 heteroatoms. The highest BCUT2D eigenvalue weighted by atomic mass is 35.5. The summed E-state index contributed by atoms with van der Waals surface area (Å²) in [6, 6.07) is 12.9. The molecule has 2 amide bonds. The lowest BCUT2D eigenvalue weighted by Crippen LogP contribution is -2.44. The van der Waals surface area contributed by atoms with Crippen molar-refractivity contribution < 1.29 is 9.59 Å². The molecule has 0 saturated carbocycles. The quantitative estimate of drug-likeness (QED) is 0.730. The molecule has 5 nitrogen and oxygen atoms in total. The molecular formula is C22H22ClN3O2. The minimum atomic E-state index is -0.419. The van der Waals surface area contributed by atoms with Gasteiger partial charge in [-0.25, -0.2) is 14.9 Å². The fraction of sp³-hybridized carbons (Fsp3) is 0.364. The van der Waals surface area contributed by atoms with Gasteiger partial charge in [-0.3, -0.25) is 9.59 Å². The lowest BCUT2D eigenvalue weighted by molar-refractivity contribution is -0.126. The number of halogens is 1. The molecule has 3 saturated heterocycles. The number of fused-ring (bicyclic) bond motifs is 3. The zero-order valence-electron chi connectivity index (χ0n) is 15.9. The number of hydrogen-bond acceptors (Lipinski definition) is 4. The van der Waals surface area contributed by atoms with E-state index in [1.807, 2.05) is 56.3 Å². The zero-order valence-corrected chi connectivity index (χ0v) is 16.7. The van der Waals surface area contributed by atoms with Crippen LogP contribution in [0.1, 0.15) is 29.2 Å². The molecule has 0 bridgehead atoms. The Labute approximate surface area is 169 Å². The molecule has 0 aliphatic carbocycles. The Morgan fingerprint density at radius 1 is 0.857 bits per heavy atom. The first-order valence-corrected chi connectivity index (χ1v) is 10.1. The minimum absolute atomic E-state index is 0.104. The summed E-state index contributed by atoms with van der Waals surface area (Å²) in [6.07, 6.45) is 0.998. The molecule has 2 aromatic rings. The minimum Gasteiger partial charge on any atom is -0.274 e. The molecule has 5 rings (SSSR count). The average molecular weight is 396 g/mol. The van der Waals surface area contributed by atoms with Gasteiger partial charge >= 0.3 is 0 Å². The molecule has 28 heavy (non-hydrogen) atoms. The topological polar surface area (TPSA) is 43.9 Å². The van der Waals surface area contributed by atoms with Gasteiger partial charge in [-0.05, 0) is 61.2 Å². The van der Waals surface area contributed by atoms with Crippen LogP contribution < -0.4 is 4.90 Å². The van der Waals surface area contributed by atoms with Crippen molar-refractivity contribution in [3.8, 4) is 0 Å². The van der Waals surface area contributed by atoms with Crippen molar-refractivity contribution in [3.05, 3.63) is 64.2 Å². The predicted molar refractivity (Wildman–Crippen MR) is 108 cm³/mol. The number of anilines is 1. The molecule has 0 N–H and O–H groups in total. The van der Waals surface area contributed by atoms with Crippen molar-refractivity contribution in [1.82, 2.24) is 10.0 Å². The standard InChI is InChI=1S/C22H22ClN3O2/c1-13-4-9-17(12-14(13)2)26-21(27)18-19(15-5-7-16(23)8-6-15)24-10-3-11-25(24)20(18)22(26)28/h4-9,12,18-20H,3,10-11H2,1-2H3/t18-,19+,20+/m1/s1. The van der Waals surface area contributed by atoms with E-state index in [0.29, 0.717) is 10.7 Å². The van der Waals surface area contributed by atoms with Crippen LogP contribution >= 0.6 is 11.6 Å². The third-order valence-electron chi connectivity index (χ3n) is 6.37. The first-order chi connectivity index (χ1) is 13.5. The number of amides is 2. The van der Waals surface area contributed by atoms with Gasteiger partial charge in [-0.2, -0.15) is 0 Å². The summed E-state index contributed by atoms with van der Waals surface area (Å²) in [6.45, 7) is 5.71. The summed E-state index contributed by atoms with van der Waals surface area (Å²) in [4.78, 5) is 28.3. The van der Waals surface area contributed by atoms with Crippen LogP contribution in [0.5, 0.6) is 0 Å². The van der Waals surface area contributed by atoms with Crippen molar-refractivity contribution in [2.75, 3.05) is 18.0 Å². The Bertz CT molecular complexity index is 974. The van der Waals surface area contributed by atoms with E-state index >= 15 is 0 Å². The van der Waals surface area contributed by atoms with Crippen molar-refractivity contribution in [3.63, 3.8) is 0 Å². The van der Waals surface area contributed by atoms with Gasteiger partial charge in [0, 0.05) is 18.1 Å². The molecule has 0 spiro atoms. The van der Waals surface area contributed by atoms with Gasteiger partial charge < -0.3 is 0 Å². The van der Waals surface area contributed by atoms with Crippen LogP contribution in [0, 0.1) is 19.8 Å². The maximum Gasteiger partial charge on any atom is 0.253 e. The molecule has 2 aromatic carbocycles. The summed E-state index contributed by atoms with van der Waals surface area (Å²) >= 11 is 6.07. The molecule has 0 radical (unpaired) electrons. The number of carbonyl (C=O) groups is 2. The number of aryl methyl sites for hydroxylation is 2. The third kappa shape index (κ3) is 2.47. The van der Waals surface area contributed by atoms with Crippen LogP contribution in [0.4, 0.5) is 5.69 Å². The summed E-state index contributed by atoms with van der Waals surface area (Å²) in [5, 5.41) is 5.00. The molecule has 0 unspecified atom stereocenters. The summed E-state index contributed by atoms with van der Waals surface area (Å²) in [5.41, 5.74) is 3.93. The lowest BCUT2D eigenvalue weighted by Gasteiger charge is -2.30. The third-order valence-corrected chi connectivity index (χ3v) is 6.62. The van der Waals surface area contributed by atoms with E-state index in [0.717, 1.165) is 36.2 Å². The fourth-order valence-corrected chi connectivity index (χ4v) is 5.02. The van der Waals surface area contributed by atoms with Crippen LogP contribution in [0.2, 0.25) is 5.02 Å². The second kappa shape index (κ2) is 6.41. The van der Waals surface area contributed by atoms with Gasteiger partial charge in [0.2, 0.25) is 5.91 Å². The lowest BCUT2D eigenvalue weighted by atomic mass is 9.90. The smallest absolute Gasteiger partial charge is 0.253 e. The molecule has 3 aliphatic rings. The Kier molecular flexibility index (Phi) is 4.09. The number of benzene rings is 2. The number of imide groups is 1. The molecule has 3 aliphatic heterocycles. The Morgan fingerprint density at radius 2 is 1.54 bits per heavy atom. The van der Waals surface area contributed by atoms with E-state index in [2.05, 4.69) is 10.0 Å². The van der Waals surface area contributed by atoms with Gasteiger partial charge in [0.15, 0.2) is 0 Å². The molecule has 3 atom stereocenters. The van der Waals surface area contributed by atoms with Crippen molar-refractivity contribution >= 4 is 29.1 Å². The highest BCUT2D eigenvalue weighted by molar-refractivity contribution is 6.30. The van der Waals surface area contributed by atoms with E-state index in [1.54, 1.807) is 0 Å². The Hall–Kier alpha value is -2.21. The molecule has 0 aromatic heterocycles. The Balaban J connectivity index is 1.58. The highest BCUT2D eigenvalue weighted by Crippen LogP contribution is 2.49. The van der Waals surface area contributed by atoms with Crippen LogP contribution in [-0.4, -0.2) is 41.0 Å². The van der Waals surface area contributed by atoms with E-state index < -0.39 is 12.0 Å². The predicted octanol–water partition coefficient (Wildman–Crippen LogP) is 3.49. The monoisotopic (exact) mass is 395 g/mol. The van der Waals surface area contributed by atoms with Crippen molar-refractivity contribution in [2.24, 2.45) is 5.92 Å². The van der Waals surface area contributed by atoms with E-state index in [-0.39, 0.29) is 17.9 Å². The molecule has 3 fully saturated rings. The van der Waals surface area contributed by atoms with Gasteiger partial charge in [0.05, 0.1) is 17.6 Å². The first kappa shape index (κ1) is 17.9. The SMILES string of the molecule is Cc1ccc(N2C(=O)[C@H]3[C@@H](C2=O)N2CCCN2[C@H]3c2ccc(Cl)cc2)cc1C. The fourth-order valence-electron chi connectivity index (χ4n) is 4.89. The number of hydrazine groups is 1. The average Bonchev–Trinajstić information content (AvgIpc) is 3.31. The number of nitrogens with zero attached hydrogens (tertiary/aromatic N) is 3. The van der Waals surface area contributed by atoms with E-state index in [1.165, 1.54) is 4.90 Å². The number of carbonyl (C=O) groups excluding carboxylic acids is 2. The van der Waals surface area contributed by atoms with E-state index in [4.69, 9.17) is 11.6 Å². The number of hydrogen-bond donors (Lipinski definition) is 0. The Morgan fingerprint density at radius 3 is 2.21 bits per heavy atom. The van der Waals surface area contributed by atoms with E-state index in [9.17, 15) is 9.59 Å². The van der Waals surface area contributed by atoms with Crippen LogP contribution in [0.3, 0.4) is 0 Å². The highest BCUT2D eigenvalue weighted by Gasteiger charge is 2.62. The van der Waals surface area contributed by atoms with Gasteiger partial charge in [-0.1, -0.05) is 29.8 Å². The normalized spacial score (nSPS) is 27.5. The molecular weight excluding hydrogens is 374 g/mol.